The first-order valence-corrected chi connectivity index (χ1v) is 5.48. The molecule has 0 spiro atoms. The summed E-state index contributed by atoms with van der Waals surface area (Å²) < 4.78 is 31.5. The Balaban J connectivity index is 0.00000196. The van der Waals surface area contributed by atoms with E-state index in [1.54, 1.807) is 24.3 Å². The van der Waals surface area contributed by atoms with Gasteiger partial charge in [0, 0.05) is 5.69 Å². The van der Waals surface area contributed by atoms with Gasteiger partial charge < -0.3 is 9.98 Å². The van der Waals surface area contributed by atoms with Crippen LogP contribution < -0.4 is 40.4 Å². The molecule has 2 N–H and O–H groups in total. The Bertz CT molecular complexity index is 382. The van der Waals surface area contributed by atoms with Crippen LogP contribution in [0.15, 0.2) is 30.3 Å². The van der Waals surface area contributed by atoms with Crippen molar-refractivity contribution >= 4 is 15.8 Å². The predicted molar refractivity (Wildman–Crippen MR) is 52.4 cm³/mol. The van der Waals surface area contributed by atoms with Gasteiger partial charge in [-0.2, -0.15) is 0 Å². The maximum Gasteiger partial charge on any atom is 1.00 e. The molecule has 1 rings (SSSR count). The standard InChI is InChI=1S/C8H12N2O3S.Na/c1-7(14(11,12)13)9-10-8-5-3-2-4-6-8;/h2-7,9-10H,1H3,(H,11,12,13);/q;+1/p-1. The number of hydrogen-bond acceptors (Lipinski definition) is 5. The van der Waals surface area contributed by atoms with Crippen molar-refractivity contribution in [1.29, 1.82) is 0 Å². The van der Waals surface area contributed by atoms with Gasteiger partial charge in [-0.3, -0.25) is 0 Å². The van der Waals surface area contributed by atoms with Gasteiger partial charge in [0.25, 0.3) is 0 Å². The third-order valence-corrected chi connectivity index (χ3v) is 2.61. The molecule has 5 nitrogen and oxygen atoms in total. The quantitative estimate of drug-likeness (QED) is 0.344. The van der Waals surface area contributed by atoms with Crippen molar-refractivity contribution in [3.05, 3.63) is 30.3 Å². The zero-order valence-electron chi connectivity index (χ0n) is 8.60. The summed E-state index contributed by atoms with van der Waals surface area (Å²) in [5.41, 5.74) is 5.71. The molecule has 0 saturated carbocycles. The van der Waals surface area contributed by atoms with Crippen molar-refractivity contribution in [2.75, 3.05) is 5.43 Å². The maximum absolute atomic E-state index is 10.5. The van der Waals surface area contributed by atoms with Gasteiger partial charge in [-0.15, -0.1) is 0 Å². The van der Waals surface area contributed by atoms with E-state index in [9.17, 15) is 13.0 Å². The minimum atomic E-state index is -4.30. The van der Waals surface area contributed by atoms with E-state index in [1.807, 2.05) is 6.07 Å². The Hall–Kier alpha value is -0.110. The van der Waals surface area contributed by atoms with Crippen molar-refractivity contribution in [2.45, 2.75) is 12.3 Å². The average molecular weight is 238 g/mol. The first-order valence-electron chi connectivity index (χ1n) is 4.01. The number of para-hydroxylation sites is 1. The zero-order chi connectivity index (χ0) is 10.6. The molecule has 0 aromatic heterocycles. The van der Waals surface area contributed by atoms with Gasteiger partial charge in [-0.25, -0.2) is 13.8 Å². The molecule has 15 heavy (non-hydrogen) atoms. The second-order valence-electron chi connectivity index (χ2n) is 2.77. The number of rotatable bonds is 4. The van der Waals surface area contributed by atoms with E-state index in [0.29, 0.717) is 5.69 Å². The summed E-state index contributed by atoms with van der Waals surface area (Å²) in [5, 5.41) is -1.16. The van der Waals surface area contributed by atoms with Crippen molar-refractivity contribution in [3.63, 3.8) is 0 Å². The molecule has 0 aliphatic carbocycles. The second-order valence-corrected chi connectivity index (χ2v) is 4.46. The molecule has 0 radical (unpaired) electrons. The number of anilines is 1. The van der Waals surface area contributed by atoms with Crippen LogP contribution in [0.3, 0.4) is 0 Å². The number of benzene rings is 1. The zero-order valence-corrected chi connectivity index (χ0v) is 11.4. The SMILES string of the molecule is CC(NNc1ccccc1)S(=O)(=O)[O-].[Na+]. The Morgan fingerprint density at radius 1 is 1.27 bits per heavy atom. The normalized spacial score (nSPS) is 12.7. The van der Waals surface area contributed by atoms with Gasteiger partial charge >= 0.3 is 29.6 Å². The Labute approximate surface area is 111 Å². The minimum absolute atomic E-state index is 0. The third kappa shape index (κ3) is 5.50. The van der Waals surface area contributed by atoms with Crippen molar-refractivity contribution in [3.8, 4) is 0 Å². The van der Waals surface area contributed by atoms with Gasteiger partial charge in [-0.05, 0) is 19.1 Å². The van der Waals surface area contributed by atoms with Crippen LogP contribution in [-0.4, -0.2) is 18.3 Å². The molecule has 0 bridgehead atoms. The molecule has 7 heteroatoms. The predicted octanol–water partition coefficient (Wildman–Crippen LogP) is -2.50. The molecule has 0 saturated heterocycles. The fourth-order valence-electron chi connectivity index (χ4n) is 0.779. The summed E-state index contributed by atoms with van der Waals surface area (Å²) in [6, 6.07) is 8.91. The van der Waals surface area contributed by atoms with E-state index >= 15 is 0 Å². The summed E-state index contributed by atoms with van der Waals surface area (Å²) in [4.78, 5) is 0. The first kappa shape index (κ1) is 14.9. The van der Waals surface area contributed by atoms with E-state index < -0.39 is 15.5 Å². The molecule has 0 amide bonds. The first-order chi connectivity index (χ1) is 6.50. The molecule has 1 atom stereocenters. The third-order valence-electron chi connectivity index (χ3n) is 1.63. The van der Waals surface area contributed by atoms with Crippen LogP contribution in [-0.2, 0) is 10.1 Å². The molecule has 78 valence electrons. The number of hydrogen-bond donors (Lipinski definition) is 2. The van der Waals surface area contributed by atoms with Gasteiger partial charge in [-0.1, -0.05) is 18.2 Å². The van der Waals surface area contributed by atoms with Crippen LogP contribution in [0.2, 0.25) is 0 Å². The van der Waals surface area contributed by atoms with Crippen LogP contribution >= 0.6 is 0 Å². The summed E-state index contributed by atoms with van der Waals surface area (Å²) in [5.74, 6) is 0. The maximum atomic E-state index is 10.5. The van der Waals surface area contributed by atoms with E-state index in [4.69, 9.17) is 0 Å². The number of hydrazine groups is 1. The minimum Gasteiger partial charge on any atom is -0.747 e. The monoisotopic (exact) mass is 238 g/mol. The van der Waals surface area contributed by atoms with Crippen LogP contribution in [0, 0.1) is 0 Å². The molecule has 0 fully saturated rings. The Morgan fingerprint density at radius 3 is 2.27 bits per heavy atom. The number of nitrogens with one attached hydrogen (secondary N) is 2. The van der Waals surface area contributed by atoms with E-state index in [0.717, 1.165) is 0 Å². The van der Waals surface area contributed by atoms with Crippen LogP contribution in [0.25, 0.3) is 0 Å². The van der Waals surface area contributed by atoms with E-state index in [1.165, 1.54) is 6.92 Å². The van der Waals surface area contributed by atoms with Crippen molar-refractivity contribution < 1.29 is 42.5 Å². The van der Waals surface area contributed by atoms with Crippen LogP contribution in [0.4, 0.5) is 5.69 Å². The smallest absolute Gasteiger partial charge is 0.747 e. The Morgan fingerprint density at radius 2 is 1.80 bits per heavy atom. The van der Waals surface area contributed by atoms with E-state index in [2.05, 4.69) is 10.9 Å². The molecular formula is C8H11N2NaO3S. The van der Waals surface area contributed by atoms with E-state index in [-0.39, 0.29) is 29.6 Å². The molecule has 0 heterocycles. The molecule has 1 aromatic carbocycles. The largest absolute Gasteiger partial charge is 1.00 e. The fourth-order valence-corrected chi connectivity index (χ4v) is 0.982. The average Bonchev–Trinajstić information content (AvgIpc) is 2.14. The van der Waals surface area contributed by atoms with Crippen LogP contribution in [0.5, 0.6) is 0 Å². The second kappa shape index (κ2) is 6.47. The van der Waals surface area contributed by atoms with Crippen LogP contribution in [0.1, 0.15) is 6.92 Å². The molecule has 1 aromatic rings. The van der Waals surface area contributed by atoms with Crippen molar-refractivity contribution in [2.24, 2.45) is 0 Å². The molecule has 1 unspecified atom stereocenters. The van der Waals surface area contributed by atoms with Gasteiger partial charge in [0.1, 0.15) is 15.5 Å². The summed E-state index contributed by atoms with van der Waals surface area (Å²) in [7, 11) is -4.30. The molecule has 0 aliphatic rings. The summed E-state index contributed by atoms with van der Waals surface area (Å²) in [6.07, 6.45) is 0. The molecular weight excluding hydrogens is 227 g/mol. The summed E-state index contributed by atoms with van der Waals surface area (Å²) in [6.45, 7) is 1.28. The van der Waals surface area contributed by atoms with Crippen molar-refractivity contribution in [1.82, 2.24) is 5.43 Å². The fraction of sp³-hybridized carbons (Fsp3) is 0.250. The van der Waals surface area contributed by atoms with Gasteiger partial charge in [0.15, 0.2) is 0 Å². The van der Waals surface area contributed by atoms with Gasteiger partial charge in [0.05, 0.1) is 0 Å². The topological polar surface area (TPSA) is 81.3 Å². The Kier molecular flexibility index (Phi) is 6.42. The molecule has 0 aliphatic heterocycles. The van der Waals surface area contributed by atoms with Gasteiger partial charge in [0.2, 0.25) is 0 Å². The summed E-state index contributed by atoms with van der Waals surface area (Å²) >= 11 is 0.